The number of ether oxygens (including phenoxy) is 2. The minimum Gasteiger partial charge on any atom is -0.459 e. The van der Waals surface area contributed by atoms with Crippen molar-refractivity contribution in [1.29, 1.82) is 0 Å². The van der Waals surface area contributed by atoms with Crippen LogP contribution in [0.25, 0.3) is 0 Å². The van der Waals surface area contributed by atoms with E-state index in [4.69, 9.17) is 13.9 Å². The summed E-state index contributed by atoms with van der Waals surface area (Å²) in [5, 5.41) is 2.35. The van der Waals surface area contributed by atoms with Gasteiger partial charge < -0.3 is 18.8 Å². The van der Waals surface area contributed by atoms with Crippen LogP contribution < -0.4 is 5.32 Å². The van der Waals surface area contributed by atoms with E-state index in [1.165, 1.54) is 48.3 Å². The Balaban J connectivity index is 1.89. The van der Waals surface area contributed by atoms with E-state index in [0.29, 0.717) is 19.4 Å². The second kappa shape index (κ2) is 14.5. The van der Waals surface area contributed by atoms with Gasteiger partial charge in [-0.2, -0.15) is 0 Å². The highest BCUT2D eigenvalue weighted by atomic mass is 28.4. The first-order valence-corrected chi connectivity index (χ1v) is 17.1. The zero-order valence-electron chi connectivity index (χ0n) is 24.3. The third kappa shape index (κ3) is 9.87. The highest BCUT2D eigenvalue weighted by Gasteiger charge is 2.46. The Morgan fingerprint density at radius 2 is 1.62 bits per heavy atom. The molecule has 0 radical (unpaired) electrons. The standard InChI is InChI=1S/C27H51N3O6Si/c1-8-9-10-11-12-13-14-15-16-17-24(31)36-21-18-23(30-20-29(5)25(32)28-26(30)33)35-22(21)19-34-37(6,7)27(2,3)4/h21-23H,8-20H2,1-7H3,(H,28,32,33)/t21-,22+,23+/m0/s1. The number of carbonyl (C=O) groups is 3. The fraction of sp³-hybridized carbons (Fsp3) is 0.889. The molecule has 0 spiro atoms. The van der Waals surface area contributed by atoms with Gasteiger partial charge in [-0.25, -0.2) is 9.59 Å². The number of amides is 4. The lowest BCUT2D eigenvalue weighted by atomic mass is 10.1. The van der Waals surface area contributed by atoms with Crippen molar-refractivity contribution < 1.29 is 28.3 Å². The second-order valence-corrected chi connectivity index (χ2v) is 16.9. The fourth-order valence-corrected chi connectivity index (χ4v) is 5.33. The molecular formula is C27H51N3O6Si. The number of hydrogen-bond acceptors (Lipinski definition) is 6. The van der Waals surface area contributed by atoms with Crippen LogP contribution in [0.1, 0.15) is 98.3 Å². The number of unbranched alkanes of at least 4 members (excludes halogenated alkanes) is 8. The van der Waals surface area contributed by atoms with Gasteiger partial charge in [0.25, 0.3) is 0 Å². The molecule has 9 nitrogen and oxygen atoms in total. The van der Waals surface area contributed by atoms with Crippen molar-refractivity contribution in [3.8, 4) is 0 Å². The van der Waals surface area contributed by atoms with E-state index in [0.717, 1.165) is 19.3 Å². The Hall–Kier alpha value is -1.65. The van der Waals surface area contributed by atoms with Crippen molar-refractivity contribution in [1.82, 2.24) is 15.1 Å². The van der Waals surface area contributed by atoms with E-state index in [-0.39, 0.29) is 17.7 Å². The molecule has 4 amide bonds. The van der Waals surface area contributed by atoms with Gasteiger partial charge in [-0.3, -0.25) is 15.0 Å². The third-order valence-corrected chi connectivity index (χ3v) is 12.4. The number of nitrogens with zero attached hydrogens (tertiary/aromatic N) is 2. The van der Waals surface area contributed by atoms with Crippen LogP contribution in [0.5, 0.6) is 0 Å². The summed E-state index contributed by atoms with van der Waals surface area (Å²) >= 11 is 0. The Morgan fingerprint density at radius 1 is 1.03 bits per heavy atom. The van der Waals surface area contributed by atoms with Crippen LogP contribution >= 0.6 is 0 Å². The minimum absolute atomic E-state index is 0.0308. The Labute approximate surface area is 225 Å². The number of nitrogens with one attached hydrogen (secondary N) is 1. The number of hydrogen-bond donors (Lipinski definition) is 1. The van der Waals surface area contributed by atoms with Gasteiger partial charge in [0.2, 0.25) is 0 Å². The van der Waals surface area contributed by atoms with Crippen molar-refractivity contribution in [2.45, 2.75) is 135 Å². The molecule has 2 heterocycles. The SMILES string of the molecule is CCCCCCCCCCCC(=O)O[C@H]1C[C@H](N2CN(C)C(=O)NC2=O)O[C@@H]1CO[Si](C)(C)C(C)(C)C. The highest BCUT2D eigenvalue weighted by Crippen LogP contribution is 2.37. The first-order chi connectivity index (χ1) is 17.4. The molecule has 10 heteroatoms. The molecule has 2 rings (SSSR count). The van der Waals surface area contributed by atoms with Crippen LogP contribution in [0.2, 0.25) is 18.1 Å². The summed E-state index contributed by atoms with van der Waals surface area (Å²) in [4.78, 5) is 39.9. The molecule has 3 atom stereocenters. The van der Waals surface area contributed by atoms with Crippen LogP contribution in [-0.2, 0) is 18.7 Å². The van der Waals surface area contributed by atoms with Gasteiger partial charge in [-0.1, -0.05) is 79.1 Å². The van der Waals surface area contributed by atoms with E-state index in [2.05, 4.69) is 46.1 Å². The average molecular weight is 542 g/mol. The molecule has 0 saturated carbocycles. The number of carbonyl (C=O) groups excluding carboxylic acids is 3. The Bertz CT molecular complexity index is 757. The molecule has 0 aromatic heterocycles. The van der Waals surface area contributed by atoms with Crippen LogP contribution in [0.4, 0.5) is 9.59 Å². The summed E-state index contributed by atoms with van der Waals surface area (Å²) in [7, 11) is -0.433. The molecular weight excluding hydrogens is 490 g/mol. The van der Waals surface area contributed by atoms with Crippen LogP contribution in [0, 0.1) is 0 Å². The van der Waals surface area contributed by atoms with E-state index in [9.17, 15) is 14.4 Å². The van der Waals surface area contributed by atoms with Gasteiger partial charge in [0.05, 0.1) is 6.61 Å². The maximum Gasteiger partial charge on any atom is 0.328 e. The number of esters is 1. The highest BCUT2D eigenvalue weighted by molar-refractivity contribution is 6.74. The van der Waals surface area contributed by atoms with E-state index in [1.54, 1.807) is 7.05 Å². The summed E-state index contributed by atoms with van der Waals surface area (Å²) in [6.45, 7) is 13.5. The van der Waals surface area contributed by atoms with Crippen molar-refractivity contribution in [3.63, 3.8) is 0 Å². The average Bonchev–Trinajstić information content (AvgIpc) is 3.20. The van der Waals surface area contributed by atoms with Gasteiger partial charge in [-0.05, 0) is 24.6 Å². The molecule has 1 N–H and O–H groups in total. The predicted molar refractivity (Wildman–Crippen MR) is 147 cm³/mol. The Kier molecular flexibility index (Phi) is 12.4. The van der Waals surface area contributed by atoms with Crippen LogP contribution in [0.15, 0.2) is 0 Å². The molecule has 0 unspecified atom stereocenters. The molecule has 0 aromatic rings. The maximum absolute atomic E-state index is 12.7. The van der Waals surface area contributed by atoms with Crippen molar-refractivity contribution >= 4 is 26.3 Å². The van der Waals surface area contributed by atoms with E-state index < -0.39 is 38.8 Å². The summed E-state index contributed by atoms with van der Waals surface area (Å²) in [5.41, 5.74) is 0. The van der Waals surface area contributed by atoms with Crippen molar-refractivity contribution in [2.24, 2.45) is 0 Å². The number of imide groups is 1. The van der Waals surface area contributed by atoms with Gasteiger partial charge >= 0.3 is 18.0 Å². The smallest absolute Gasteiger partial charge is 0.328 e. The molecule has 2 aliphatic rings. The van der Waals surface area contributed by atoms with Crippen LogP contribution in [-0.4, -0.2) is 74.9 Å². The summed E-state index contributed by atoms with van der Waals surface area (Å²) in [5.74, 6) is -0.232. The lowest BCUT2D eigenvalue weighted by molar-refractivity contribution is -0.153. The topological polar surface area (TPSA) is 97.4 Å². The second-order valence-electron chi connectivity index (χ2n) is 12.1. The quantitative estimate of drug-likeness (QED) is 0.155. The zero-order valence-corrected chi connectivity index (χ0v) is 25.3. The maximum atomic E-state index is 12.7. The van der Waals surface area contributed by atoms with E-state index in [1.807, 2.05) is 0 Å². The Morgan fingerprint density at radius 3 is 2.22 bits per heavy atom. The first-order valence-electron chi connectivity index (χ1n) is 14.2. The lowest BCUT2D eigenvalue weighted by Crippen LogP contribution is -2.60. The van der Waals surface area contributed by atoms with Gasteiger partial charge in [0, 0.05) is 19.9 Å². The monoisotopic (exact) mass is 541 g/mol. The first kappa shape index (κ1) is 31.6. The molecule has 0 aromatic carbocycles. The minimum atomic E-state index is -2.05. The van der Waals surface area contributed by atoms with Crippen molar-refractivity contribution in [3.05, 3.63) is 0 Å². The largest absolute Gasteiger partial charge is 0.459 e. The van der Waals surface area contributed by atoms with Crippen LogP contribution in [0.3, 0.4) is 0 Å². The molecule has 214 valence electrons. The van der Waals surface area contributed by atoms with Gasteiger partial charge in [-0.15, -0.1) is 0 Å². The normalized spacial score (nSPS) is 22.9. The van der Waals surface area contributed by atoms with Gasteiger partial charge in [0.1, 0.15) is 25.1 Å². The number of urea groups is 2. The van der Waals surface area contributed by atoms with Gasteiger partial charge in [0.15, 0.2) is 8.32 Å². The predicted octanol–water partition coefficient (Wildman–Crippen LogP) is 5.99. The zero-order chi connectivity index (χ0) is 27.6. The molecule has 0 aliphatic carbocycles. The van der Waals surface area contributed by atoms with Crippen molar-refractivity contribution in [2.75, 3.05) is 20.3 Å². The molecule has 37 heavy (non-hydrogen) atoms. The molecule has 0 bridgehead atoms. The summed E-state index contributed by atoms with van der Waals surface area (Å²) in [6.07, 6.45) is 9.84. The van der Waals surface area contributed by atoms with E-state index >= 15 is 0 Å². The molecule has 2 saturated heterocycles. The summed E-state index contributed by atoms with van der Waals surface area (Å²) < 4.78 is 18.5. The fourth-order valence-electron chi connectivity index (χ4n) is 4.32. The molecule has 2 aliphatic heterocycles. The summed E-state index contributed by atoms with van der Waals surface area (Å²) in [6, 6.07) is -0.945. The third-order valence-electron chi connectivity index (χ3n) is 7.90. The lowest BCUT2D eigenvalue weighted by Gasteiger charge is -2.38. The molecule has 2 fully saturated rings. The number of rotatable bonds is 15.